The monoisotopic (exact) mass is 274 g/mol. The summed E-state index contributed by atoms with van der Waals surface area (Å²) in [6, 6.07) is 3.26. The van der Waals surface area contributed by atoms with Crippen molar-refractivity contribution in [1.82, 2.24) is 4.98 Å². The van der Waals surface area contributed by atoms with Crippen LogP contribution >= 0.6 is 7.60 Å². The van der Waals surface area contributed by atoms with Crippen molar-refractivity contribution in [1.29, 1.82) is 0 Å². The molecule has 0 aliphatic heterocycles. The van der Waals surface area contributed by atoms with Gasteiger partial charge >= 0.3 is 7.60 Å². The van der Waals surface area contributed by atoms with Crippen LogP contribution in [0, 0.1) is 0 Å². The summed E-state index contributed by atoms with van der Waals surface area (Å²) in [5.41, 5.74) is 6.16. The van der Waals surface area contributed by atoms with Crippen molar-refractivity contribution in [2.45, 2.75) is 20.0 Å². The Morgan fingerprint density at radius 1 is 1.28 bits per heavy atom. The van der Waals surface area contributed by atoms with Gasteiger partial charge in [0.25, 0.3) is 0 Å². The van der Waals surface area contributed by atoms with E-state index in [1.54, 1.807) is 26.0 Å². The van der Waals surface area contributed by atoms with Crippen LogP contribution in [0.2, 0.25) is 0 Å². The van der Waals surface area contributed by atoms with Crippen molar-refractivity contribution in [3.05, 3.63) is 17.8 Å². The molecule has 0 radical (unpaired) electrons. The van der Waals surface area contributed by atoms with Gasteiger partial charge < -0.3 is 19.5 Å². The zero-order valence-electron chi connectivity index (χ0n) is 10.9. The Labute approximate surface area is 107 Å². The molecule has 0 aromatic carbocycles. The van der Waals surface area contributed by atoms with Crippen molar-refractivity contribution < 1.29 is 18.3 Å². The van der Waals surface area contributed by atoms with E-state index < -0.39 is 7.60 Å². The molecule has 0 aliphatic carbocycles. The van der Waals surface area contributed by atoms with E-state index in [2.05, 4.69) is 4.98 Å². The lowest BCUT2D eigenvalue weighted by Crippen LogP contribution is -2.02. The number of nitrogens with two attached hydrogens (primary N) is 1. The first-order valence-electron chi connectivity index (χ1n) is 5.71. The molecule has 0 aliphatic rings. The molecule has 1 heterocycles. The second-order valence-corrected chi connectivity index (χ2v) is 5.58. The Bertz CT molecular complexity index is 429. The Morgan fingerprint density at radius 3 is 2.39 bits per heavy atom. The molecule has 1 aromatic rings. The maximum Gasteiger partial charge on any atom is 0.336 e. The van der Waals surface area contributed by atoms with Gasteiger partial charge in [-0.15, -0.1) is 0 Å². The molecule has 1 aromatic heterocycles. The van der Waals surface area contributed by atoms with E-state index in [4.69, 9.17) is 19.5 Å². The highest BCUT2D eigenvalue weighted by atomic mass is 31.2. The predicted molar refractivity (Wildman–Crippen MR) is 69.8 cm³/mol. The first-order chi connectivity index (χ1) is 8.53. The Hall–Kier alpha value is -1.10. The summed E-state index contributed by atoms with van der Waals surface area (Å²) in [5, 5.41) is 0. The van der Waals surface area contributed by atoms with E-state index >= 15 is 0 Å². The van der Waals surface area contributed by atoms with Gasteiger partial charge in [-0.3, -0.25) is 4.57 Å². The van der Waals surface area contributed by atoms with Crippen molar-refractivity contribution >= 4 is 13.4 Å². The summed E-state index contributed by atoms with van der Waals surface area (Å²) in [7, 11) is -1.63. The fourth-order valence-electron chi connectivity index (χ4n) is 1.50. The number of ether oxygens (including phenoxy) is 1. The molecule has 7 heteroatoms. The van der Waals surface area contributed by atoms with Gasteiger partial charge in [-0.25, -0.2) is 4.98 Å². The van der Waals surface area contributed by atoms with Gasteiger partial charge in [0.15, 0.2) is 0 Å². The van der Waals surface area contributed by atoms with E-state index in [0.717, 1.165) is 0 Å². The van der Waals surface area contributed by atoms with Gasteiger partial charge in [-0.1, -0.05) is 0 Å². The Morgan fingerprint density at radius 2 is 1.89 bits per heavy atom. The summed E-state index contributed by atoms with van der Waals surface area (Å²) in [6.45, 7) is 4.16. The minimum atomic E-state index is -3.17. The van der Waals surface area contributed by atoms with E-state index in [1.165, 1.54) is 7.11 Å². The van der Waals surface area contributed by atoms with Gasteiger partial charge in [-0.05, 0) is 13.8 Å². The lowest BCUT2D eigenvalue weighted by molar-refractivity contribution is 0.219. The van der Waals surface area contributed by atoms with Crippen LogP contribution in [0.1, 0.15) is 19.5 Å². The zero-order chi connectivity index (χ0) is 13.6. The molecular weight excluding hydrogens is 255 g/mol. The van der Waals surface area contributed by atoms with Crippen LogP contribution < -0.4 is 10.5 Å². The van der Waals surface area contributed by atoms with Gasteiger partial charge in [0.2, 0.25) is 0 Å². The summed E-state index contributed by atoms with van der Waals surface area (Å²) < 4.78 is 27.8. The third-order valence-corrected chi connectivity index (χ3v) is 4.13. The van der Waals surface area contributed by atoms with Gasteiger partial charge in [0.1, 0.15) is 11.6 Å². The van der Waals surface area contributed by atoms with Gasteiger partial charge in [0.05, 0.1) is 32.2 Å². The SMILES string of the molecule is CCOP(=O)(Cc1cc(OC)cc(N)n1)OCC. The van der Waals surface area contributed by atoms with Crippen molar-refractivity contribution in [2.24, 2.45) is 0 Å². The van der Waals surface area contributed by atoms with Crippen LogP contribution in [0.5, 0.6) is 5.75 Å². The average molecular weight is 274 g/mol. The minimum Gasteiger partial charge on any atom is -0.497 e. The molecule has 6 nitrogen and oxygen atoms in total. The van der Waals surface area contributed by atoms with Crippen molar-refractivity contribution in [3.8, 4) is 5.75 Å². The first kappa shape index (κ1) is 15.0. The smallest absolute Gasteiger partial charge is 0.336 e. The third kappa shape index (κ3) is 4.29. The van der Waals surface area contributed by atoms with E-state index in [9.17, 15) is 4.57 Å². The summed E-state index contributed by atoms with van der Waals surface area (Å²) >= 11 is 0. The Balaban J connectivity index is 2.93. The summed E-state index contributed by atoms with van der Waals surface area (Å²) in [4.78, 5) is 4.10. The molecule has 0 saturated carbocycles. The first-order valence-corrected chi connectivity index (χ1v) is 7.44. The lowest BCUT2D eigenvalue weighted by atomic mass is 10.3. The second kappa shape index (κ2) is 6.73. The largest absolute Gasteiger partial charge is 0.497 e. The number of anilines is 1. The van der Waals surface area contributed by atoms with E-state index in [1.807, 2.05) is 0 Å². The van der Waals surface area contributed by atoms with Crippen LogP contribution in [0.4, 0.5) is 5.82 Å². The molecule has 0 spiro atoms. The normalized spacial score (nSPS) is 11.5. The van der Waals surface area contributed by atoms with Gasteiger partial charge in [-0.2, -0.15) is 0 Å². The minimum absolute atomic E-state index is 0.0794. The molecule has 0 fully saturated rings. The predicted octanol–water partition coefficient (Wildman–Crippen LogP) is 2.44. The van der Waals surface area contributed by atoms with E-state index in [0.29, 0.717) is 30.5 Å². The second-order valence-electron chi connectivity index (χ2n) is 3.53. The quantitative estimate of drug-likeness (QED) is 0.769. The molecule has 2 N–H and O–H groups in total. The third-order valence-electron chi connectivity index (χ3n) is 2.11. The fourth-order valence-corrected chi connectivity index (χ4v) is 3.10. The molecule has 0 amide bonds. The van der Waals surface area contributed by atoms with Crippen LogP contribution in [0.25, 0.3) is 0 Å². The number of pyridine rings is 1. The number of nitrogen functional groups attached to an aromatic ring is 1. The standard InChI is InChI=1S/C11H19N2O4P/c1-4-16-18(14,17-5-2)8-9-6-10(15-3)7-11(12)13-9/h6-7H,4-5,8H2,1-3H3,(H2,12,13). The molecule has 18 heavy (non-hydrogen) atoms. The summed E-state index contributed by atoms with van der Waals surface area (Å²) in [5.74, 6) is 0.876. The van der Waals surface area contributed by atoms with Crippen molar-refractivity contribution in [3.63, 3.8) is 0 Å². The molecule has 102 valence electrons. The van der Waals surface area contributed by atoms with E-state index in [-0.39, 0.29) is 6.16 Å². The number of methoxy groups -OCH3 is 1. The number of hydrogen-bond acceptors (Lipinski definition) is 6. The number of hydrogen-bond donors (Lipinski definition) is 1. The maximum atomic E-state index is 12.3. The molecule has 1 rings (SSSR count). The van der Waals surface area contributed by atoms with Gasteiger partial charge in [0, 0.05) is 12.1 Å². The number of aromatic nitrogens is 1. The highest BCUT2D eigenvalue weighted by molar-refractivity contribution is 7.53. The maximum absolute atomic E-state index is 12.3. The zero-order valence-corrected chi connectivity index (χ0v) is 11.8. The van der Waals surface area contributed by atoms with Crippen LogP contribution in [0.15, 0.2) is 12.1 Å². The van der Waals surface area contributed by atoms with Crippen molar-refractivity contribution in [2.75, 3.05) is 26.1 Å². The topological polar surface area (TPSA) is 83.7 Å². The molecule has 0 unspecified atom stereocenters. The molecule has 0 bridgehead atoms. The number of nitrogens with zero attached hydrogens (tertiary/aromatic N) is 1. The Kier molecular flexibility index (Phi) is 5.59. The number of rotatable bonds is 7. The summed E-state index contributed by atoms with van der Waals surface area (Å²) in [6.07, 6.45) is 0.0794. The molecule has 0 saturated heterocycles. The lowest BCUT2D eigenvalue weighted by Gasteiger charge is -2.16. The fraction of sp³-hybridized carbons (Fsp3) is 0.545. The van der Waals surface area contributed by atoms with Crippen LogP contribution in [-0.2, 0) is 19.8 Å². The van der Waals surface area contributed by atoms with Crippen LogP contribution in [0.3, 0.4) is 0 Å². The average Bonchev–Trinajstić information content (AvgIpc) is 2.28. The van der Waals surface area contributed by atoms with Crippen LogP contribution in [-0.4, -0.2) is 25.3 Å². The highest BCUT2D eigenvalue weighted by Crippen LogP contribution is 2.51. The molecular formula is C11H19N2O4P. The molecule has 0 atom stereocenters. The highest BCUT2D eigenvalue weighted by Gasteiger charge is 2.25.